The Morgan fingerprint density at radius 2 is 1.55 bits per heavy atom. The topological polar surface area (TPSA) is 190 Å². The number of carbonyl (C=O) groups excluding carboxylic acids is 4. The van der Waals surface area contributed by atoms with E-state index < -0.39 is 42.3 Å². The molecule has 1 aliphatic carbocycles. The molecule has 12 heteroatoms. The number of hydrogen-bond donors (Lipinski definition) is 7. The third kappa shape index (κ3) is 15.5. The summed E-state index contributed by atoms with van der Waals surface area (Å²) < 4.78 is 0. The van der Waals surface area contributed by atoms with Crippen molar-refractivity contribution in [3.63, 3.8) is 0 Å². The molecule has 0 spiro atoms. The van der Waals surface area contributed by atoms with Gasteiger partial charge in [0.15, 0.2) is 6.29 Å². The summed E-state index contributed by atoms with van der Waals surface area (Å²) in [6.07, 6.45) is 3.75. The summed E-state index contributed by atoms with van der Waals surface area (Å²) in [5, 5.41) is 41.2. The Labute approximate surface area is 302 Å². The van der Waals surface area contributed by atoms with Crippen molar-refractivity contribution in [2.45, 2.75) is 135 Å². The number of nitrogens with one attached hydrogen (secondary N) is 4. The van der Waals surface area contributed by atoms with Gasteiger partial charge in [-0.3, -0.25) is 24.2 Å². The lowest BCUT2D eigenvalue weighted by Crippen LogP contribution is -2.57. The molecule has 2 aromatic rings. The molecule has 1 aromatic heterocycles. The van der Waals surface area contributed by atoms with Crippen LogP contribution in [0.1, 0.15) is 109 Å². The van der Waals surface area contributed by atoms with Gasteiger partial charge in [0.1, 0.15) is 12.1 Å². The molecule has 0 bridgehead atoms. The number of rotatable bonds is 23. The first-order chi connectivity index (χ1) is 24.4. The molecule has 7 N–H and O–H groups in total. The fourth-order valence-corrected chi connectivity index (χ4v) is 6.09. The normalized spacial score (nSPS) is 16.4. The van der Waals surface area contributed by atoms with Crippen LogP contribution in [-0.2, 0) is 25.6 Å². The Hall–Kier alpha value is -3.87. The molecule has 1 aromatic carbocycles. The second-order valence-corrected chi connectivity index (χ2v) is 14.5. The molecule has 12 nitrogen and oxygen atoms in total. The van der Waals surface area contributed by atoms with E-state index in [2.05, 4.69) is 26.3 Å². The molecule has 6 atom stereocenters. The highest BCUT2D eigenvalue weighted by molar-refractivity contribution is 5.92. The van der Waals surface area contributed by atoms with E-state index in [1.54, 1.807) is 6.20 Å². The van der Waals surface area contributed by atoms with Gasteiger partial charge in [-0.2, -0.15) is 0 Å². The highest BCUT2D eigenvalue weighted by Crippen LogP contribution is 2.33. The van der Waals surface area contributed by atoms with Crippen molar-refractivity contribution in [3.05, 3.63) is 66.0 Å². The lowest BCUT2D eigenvalue weighted by Gasteiger charge is -2.30. The zero-order valence-electron chi connectivity index (χ0n) is 30.6. The smallest absolute Gasteiger partial charge is 0.243 e. The minimum Gasteiger partial charge on any atom is -0.390 e. The van der Waals surface area contributed by atoms with E-state index in [9.17, 15) is 24.3 Å². The molecular formula is C39H59N5O7. The van der Waals surface area contributed by atoms with Crippen molar-refractivity contribution in [2.24, 2.45) is 17.8 Å². The zero-order valence-corrected chi connectivity index (χ0v) is 30.6. The van der Waals surface area contributed by atoms with Crippen LogP contribution in [0.25, 0.3) is 0 Å². The summed E-state index contributed by atoms with van der Waals surface area (Å²) in [7, 11) is 0. The van der Waals surface area contributed by atoms with Gasteiger partial charge < -0.3 is 36.6 Å². The first-order valence-electron chi connectivity index (χ1n) is 18.5. The van der Waals surface area contributed by atoms with Gasteiger partial charge in [0.25, 0.3) is 0 Å². The fourth-order valence-electron chi connectivity index (χ4n) is 6.09. The minimum absolute atomic E-state index is 0.0296. The highest BCUT2D eigenvalue weighted by atomic mass is 16.5. The van der Waals surface area contributed by atoms with Gasteiger partial charge >= 0.3 is 0 Å². The van der Waals surface area contributed by atoms with E-state index >= 15 is 0 Å². The number of benzene rings is 1. The van der Waals surface area contributed by atoms with E-state index in [4.69, 9.17) is 10.2 Å². The van der Waals surface area contributed by atoms with Crippen LogP contribution in [-0.4, -0.2) is 74.5 Å². The maximum absolute atomic E-state index is 13.8. The number of aliphatic hydroxyl groups is 3. The third-order valence-electron chi connectivity index (χ3n) is 9.43. The van der Waals surface area contributed by atoms with E-state index in [0.717, 1.165) is 30.5 Å². The van der Waals surface area contributed by atoms with Gasteiger partial charge in [0, 0.05) is 12.6 Å². The van der Waals surface area contributed by atoms with Crippen molar-refractivity contribution >= 4 is 23.6 Å². The Morgan fingerprint density at radius 3 is 2.16 bits per heavy atom. The second-order valence-electron chi connectivity index (χ2n) is 14.5. The summed E-state index contributed by atoms with van der Waals surface area (Å²) in [4.78, 5) is 57.9. The van der Waals surface area contributed by atoms with Crippen LogP contribution in [0.4, 0.5) is 0 Å². The summed E-state index contributed by atoms with van der Waals surface area (Å²) in [5.41, 5.74) is 1.86. The first kappa shape index (κ1) is 41.5. The Kier molecular flexibility index (Phi) is 17.5. The van der Waals surface area contributed by atoms with Crippen molar-refractivity contribution in [1.82, 2.24) is 26.3 Å². The van der Waals surface area contributed by atoms with Crippen LogP contribution in [0.5, 0.6) is 0 Å². The van der Waals surface area contributed by atoms with Gasteiger partial charge in [-0.25, -0.2) is 0 Å². The van der Waals surface area contributed by atoms with Crippen LogP contribution < -0.4 is 21.3 Å². The van der Waals surface area contributed by atoms with Crippen molar-refractivity contribution in [1.29, 1.82) is 0 Å². The van der Waals surface area contributed by atoms with Gasteiger partial charge in [-0.1, -0.05) is 83.4 Å². The lowest BCUT2D eigenvalue weighted by atomic mass is 9.95. The molecule has 1 saturated carbocycles. The maximum Gasteiger partial charge on any atom is 0.243 e. The van der Waals surface area contributed by atoms with Gasteiger partial charge in [0.05, 0.1) is 30.3 Å². The molecule has 1 unspecified atom stereocenters. The van der Waals surface area contributed by atoms with Crippen LogP contribution in [0, 0.1) is 17.8 Å². The largest absolute Gasteiger partial charge is 0.390 e. The average molecular weight is 710 g/mol. The quantitative estimate of drug-likeness (QED) is 0.0854. The summed E-state index contributed by atoms with van der Waals surface area (Å²) in [6.45, 7) is 7.69. The predicted octanol–water partition coefficient (Wildman–Crippen LogP) is 3.45. The molecule has 0 radical (unpaired) electrons. The summed E-state index contributed by atoms with van der Waals surface area (Å²) >= 11 is 0. The number of amides is 4. The van der Waals surface area contributed by atoms with Crippen molar-refractivity contribution < 1.29 is 34.5 Å². The molecule has 1 fully saturated rings. The molecule has 3 rings (SSSR count). The highest BCUT2D eigenvalue weighted by Gasteiger charge is 2.35. The van der Waals surface area contributed by atoms with Gasteiger partial charge in [0.2, 0.25) is 23.6 Å². The van der Waals surface area contributed by atoms with Gasteiger partial charge in [-0.15, -0.1) is 0 Å². The van der Waals surface area contributed by atoms with E-state index in [1.165, 1.54) is 0 Å². The molecule has 4 amide bonds. The van der Waals surface area contributed by atoms with E-state index in [0.29, 0.717) is 25.7 Å². The number of hydrogen-bond acceptors (Lipinski definition) is 8. The van der Waals surface area contributed by atoms with Gasteiger partial charge in [-0.05, 0) is 74.0 Å². The standard InChI is InChI=1S/C39H59N5O7/c1-5-26(4)37(44-34(46)15-11-16-36(48)49)39(51)43-32(23-28-17-18-28)38(50)42-31(22-25(2)3)33(45)24-35(47)41-30(29-14-9-10-21-40-29)20-19-27-12-7-6-8-13-27/h6-10,12-14,21,25-26,28,30-33,36-37,45,48-49H,5,11,15-20,22-24H2,1-4H3,(H,41,47)(H,42,50)(H,43,51)(H,44,46)/t26-,30?,31-,32-,33-,37-/m0/s1. The Balaban J connectivity index is 1.67. The van der Waals surface area contributed by atoms with Crippen LogP contribution in [0.15, 0.2) is 54.7 Å². The number of aryl methyl sites for hydroxylation is 1. The number of aromatic nitrogens is 1. The molecule has 51 heavy (non-hydrogen) atoms. The summed E-state index contributed by atoms with van der Waals surface area (Å²) in [5.74, 6) is -1.52. The number of nitrogens with zero attached hydrogens (tertiary/aromatic N) is 1. The molecule has 1 heterocycles. The molecule has 0 saturated heterocycles. The number of pyridine rings is 1. The average Bonchev–Trinajstić information content (AvgIpc) is 3.92. The lowest BCUT2D eigenvalue weighted by molar-refractivity contribution is -0.134. The Morgan fingerprint density at radius 1 is 0.843 bits per heavy atom. The van der Waals surface area contributed by atoms with Crippen LogP contribution in [0.2, 0.25) is 0 Å². The number of carbonyl (C=O) groups is 4. The van der Waals surface area contributed by atoms with Crippen molar-refractivity contribution in [3.8, 4) is 0 Å². The second kappa shape index (κ2) is 21.5. The summed E-state index contributed by atoms with van der Waals surface area (Å²) in [6, 6.07) is 12.6. The maximum atomic E-state index is 13.8. The monoisotopic (exact) mass is 709 g/mol. The van der Waals surface area contributed by atoms with E-state index in [-0.39, 0.29) is 61.3 Å². The van der Waals surface area contributed by atoms with Crippen molar-refractivity contribution in [2.75, 3.05) is 0 Å². The Bertz CT molecular complexity index is 1360. The van der Waals surface area contributed by atoms with E-state index in [1.807, 2.05) is 76.2 Å². The SMILES string of the molecule is CC[C@H](C)[C@H](NC(=O)CCCC(O)O)C(=O)N[C@@H](CC1CC1)C(=O)N[C@@H](CC(C)C)[C@@H](O)CC(=O)NC(CCc1ccccc1)c1ccccn1. The van der Waals surface area contributed by atoms with Crippen LogP contribution in [0.3, 0.4) is 0 Å². The molecule has 0 aliphatic heterocycles. The van der Waals surface area contributed by atoms with Crippen LogP contribution >= 0.6 is 0 Å². The predicted molar refractivity (Wildman–Crippen MR) is 195 cm³/mol. The zero-order chi connectivity index (χ0) is 37.3. The first-order valence-corrected chi connectivity index (χ1v) is 18.5. The fraction of sp³-hybridized carbons (Fsp3) is 0.615. The third-order valence-corrected chi connectivity index (χ3v) is 9.43. The molecule has 1 aliphatic rings. The number of aliphatic hydroxyl groups excluding tert-OH is 2. The molecule has 282 valence electrons. The minimum atomic E-state index is -1.51. The molecular weight excluding hydrogens is 650 g/mol.